The zero-order valence-electron chi connectivity index (χ0n) is 16.9. The van der Waals surface area contributed by atoms with E-state index >= 15 is 0 Å². The molecule has 0 aliphatic rings. The first kappa shape index (κ1) is 20.7. The Kier molecular flexibility index (Phi) is 7.22. The van der Waals surface area contributed by atoms with E-state index in [4.69, 9.17) is 4.74 Å². The molecule has 2 aromatic rings. The highest BCUT2D eigenvalue weighted by Crippen LogP contribution is 2.19. The van der Waals surface area contributed by atoms with Crippen molar-refractivity contribution in [1.82, 2.24) is 9.88 Å². The van der Waals surface area contributed by atoms with Gasteiger partial charge in [-0.3, -0.25) is 4.79 Å². The molecular weight excluding hydrogens is 340 g/mol. The number of benzene rings is 1. The number of nitrogens with zero attached hydrogens (tertiary/aromatic N) is 1. The highest BCUT2D eigenvalue weighted by Gasteiger charge is 2.23. The molecule has 0 saturated heterocycles. The van der Waals surface area contributed by atoms with Gasteiger partial charge >= 0.3 is 5.97 Å². The number of carbonyl (C=O) groups excluding carboxylic acids is 2. The number of hydrogen-bond acceptors (Lipinski definition) is 3. The van der Waals surface area contributed by atoms with Gasteiger partial charge in [0.05, 0.1) is 5.56 Å². The summed E-state index contributed by atoms with van der Waals surface area (Å²) >= 11 is 0. The van der Waals surface area contributed by atoms with Crippen LogP contribution in [0.3, 0.4) is 0 Å². The Bertz CT molecular complexity index is 780. The molecule has 2 rings (SSSR count). The maximum atomic E-state index is 12.5. The van der Waals surface area contributed by atoms with Crippen molar-refractivity contribution in [2.45, 2.75) is 59.6 Å². The third kappa shape index (κ3) is 5.00. The van der Waals surface area contributed by atoms with Crippen molar-refractivity contribution < 1.29 is 14.3 Å². The van der Waals surface area contributed by atoms with Crippen molar-refractivity contribution >= 4 is 11.9 Å². The third-order valence-electron chi connectivity index (χ3n) is 5.05. The molecule has 5 nitrogen and oxygen atoms in total. The quantitative estimate of drug-likeness (QED) is 0.715. The number of aryl methyl sites for hydroxylation is 1. The van der Waals surface area contributed by atoms with Crippen LogP contribution in [0.5, 0.6) is 0 Å². The van der Waals surface area contributed by atoms with E-state index in [-0.39, 0.29) is 11.8 Å². The first-order valence-electron chi connectivity index (χ1n) is 9.59. The van der Waals surface area contributed by atoms with Crippen LogP contribution in [-0.4, -0.2) is 29.1 Å². The fraction of sp³-hybridized carbons (Fsp3) is 0.455. The lowest BCUT2D eigenvalue weighted by atomic mass is 9.96. The van der Waals surface area contributed by atoms with E-state index in [1.807, 2.05) is 49.6 Å². The minimum atomic E-state index is -0.838. The van der Waals surface area contributed by atoms with Crippen LogP contribution in [0.2, 0.25) is 0 Å². The van der Waals surface area contributed by atoms with E-state index in [2.05, 4.69) is 24.4 Å². The number of nitrogens with one attached hydrogen (secondary N) is 1. The Labute approximate surface area is 161 Å². The molecule has 27 heavy (non-hydrogen) atoms. The normalized spacial score (nSPS) is 13.1. The summed E-state index contributed by atoms with van der Waals surface area (Å²) in [5.41, 5.74) is 3.58. The number of carbonyl (C=O) groups is 2. The van der Waals surface area contributed by atoms with Crippen molar-refractivity contribution in [3.05, 3.63) is 58.9 Å². The Morgan fingerprint density at radius 1 is 1.15 bits per heavy atom. The van der Waals surface area contributed by atoms with Gasteiger partial charge in [0.15, 0.2) is 6.10 Å². The molecule has 146 valence electrons. The summed E-state index contributed by atoms with van der Waals surface area (Å²) in [7, 11) is 0. The highest BCUT2D eigenvalue weighted by atomic mass is 16.5. The summed E-state index contributed by atoms with van der Waals surface area (Å²) in [5.74, 6) is -0.496. The van der Waals surface area contributed by atoms with Crippen LogP contribution in [0.15, 0.2) is 36.4 Å². The zero-order valence-corrected chi connectivity index (χ0v) is 16.9. The minimum absolute atomic E-state index is 0.238. The summed E-state index contributed by atoms with van der Waals surface area (Å²) in [5, 5.41) is 2.91. The average molecular weight is 370 g/mol. The van der Waals surface area contributed by atoms with Gasteiger partial charge in [0, 0.05) is 30.4 Å². The van der Waals surface area contributed by atoms with Crippen molar-refractivity contribution in [3.8, 4) is 0 Å². The molecule has 1 N–H and O–H groups in total. The Hall–Kier alpha value is -2.56. The molecule has 0 radical (unpaired) electrons. The first-order chi connectivity index (χ1) is 12.9. The number of esters is 1. The fourth-order valence-corrected chi connectivity index (χ4v) is 3.36. The number of ether oxygens (including phenoxy) is 1. The molecule has 1 aromatic carbocycles. The lowest BCUT2D eigenvalue weighted by Crippen LogP contribution is -2.38. The maximum Gasteiger partial charge on any atom is 0.340 e. The number of rotatable bonds is 8. The summed E-state index contributed by atoms with van der Waals surface area (Å²) in [6, 6.07) is 11.9. The van der Waals surface area contributed by atoms with Crippen LogP contribution in [0, 0.1) is 13.8 Å². The third-order valence-corrected chi connectivity index (χ3v) is 5.05. The second kappa shape index (κ2) is 9.40. The van der Waals surface area contributed by atoms with Gasteiger partial charge in [-0.05, 0) is 45.7 Å². The van der Waals surface area contributed by atoms with Gasteiger partial charge in [-0.25, -0.2) is 4.79 Å². The zero-order chi connectivity index (χ0) is 20.0. The van der Waals surface area contributed by atoms with E-state index in [0.29, 0.717) is 12.1 Å². The summed E-state index contributed by atoms with van der Waals surface area (Å²) in [6.07, 6.45) is 0.0806. The number of aromatic nitrogens is 1. The smallest absolute Gasteiger partial charge is 0.340 e. The predicted octanol–water partition coefficient (Wildman–Crippen LogP) is 3.98. The molecule has 0 fully saturated rings. The molecular formula is C22H30N2O3. The van der Waals surface area contributed by atoms with E-state index in [0.717, 1.165) is 24.4 Å². The largest absolute Gasteiger partial charge is 0.449 e. The van der Waals surface area contributed by atoms with Gasteiger partial charge < -0.3 is 14.6 Å². The molecule has 0 aliphatic heterocycles. The van der Waals surface area contributed by atoms with E-state index in [1.165, 1.54) is 5.56 Å². The Morgan fingerprint density at radius 3 is 2.37 bits per heavy atom. The molecule has 1 aromatic heterocycles. The molecule has 5 heteroatoms. The Morgan fingerprint density at radius 2 is 1.81 bits per heavy atom. The van der Waals surface area contributed by atoms with Gasteiger partial charge in [-0.2, -0.15) is 0 Å². The summed E-state index contributed by atoms with van der Waals surface area (Å²) in [6.45, 7) is 10.9. The lowest BCUT2D eigenvalue weighted by molar-refractivity contribution is -0.129. The topological polar surface area (TPSA) is 60.3 Å². The second-order valence-electron chi connectivity index (χ2n) is 6.84. The lowest BCUT2D eigenvalue weighted by Gasteiger charge is -2.18. The fourth-order valence-electron chi connectivity index (χ4n) is 3.36. The maximum absolute atomic E-state index is 12.5. The van der Waals surface area contributed by atoms with Crippen molar-refractivity contribution in [1.29, 1.82) is 0 Å². The molecule has 0 unspecified atom stereocenters. The molecule has 0 saturated carbocycles. The van der Waals surface area contributed by atoms with Gasteiger partial charge in [0.25, 0.3) is 5.91 Å². The molecule has 2 atom stereocenters. The van der Waals surface area contributed by atoms with Crippen LogP contribution in [0.4, 0.5) is 0 Å². The average Bonchev–Trinajstić information content (AvgIpc) is 2.96. The minimum Gasteiger partial charge on any atom is -0.449 e. The molecule has 1 heterocycles. The standard InChI is InChI=1S/C22H30N2O3/c1-6-18(19-11-9-8-10-12-19)14-23-21(25)17(5)27-22(26)20-13-15(3)24(7-2)16(20)4/h8-13,17-18H,6-7,14H2,1-5H3,(H,23,25)/t17-,18-/m0/s1. The number of amides is 1. The Balaban J connectivity index is 1.94. The van der Waals surface area contributed by atoms with Gasteiger partial charge in [0.1, 0.15) is 0 Å². The predicted molar refractivity (Wildman–Crippen MR) is 107 cm³/mol. The van der Waals surface area contributed by atoms with Gasteiger partial charge in [-0.15, -0.1) is 0 Å². The van der Waals surface area contributed by atoms with Crippen LogP contribution in [-0.2, 0) is 16.1 Å². The summed E-state index contributed by atoms with van der Waals surface area (Å²) in [4.78, 5) is 24.8. The van der Waals surface area contributed by atoms with Crippen molar-refractivity contribution in [2.75, 3.05) is 6.54 Å². The molecule has 0 spiro atoms. The van der Waals surface area contributed by atoms with Gasteiger partial charge in [-0.1, -0.05) is 37.3 Å². The molecule has 1 amide bonds. The molecule has 0 aliphatic carbocycles. The van der Waals surface area contributed by atoms with Crippen LogP contribution < -0.4 is 5.32 Å². The monoisotopic (exact) mass is 370 g/mol. The number of hydrogen-bond donors (Lipinski definition) is 1. The highest BCUT2D eigenvalue weighted by molar-refractivity contribution is 5.93. The SMILES string of the molecule is CC[C@@H](CNC(=O)[C@H](C)OC(=O)c1cc(C)n(CC)c1C)c1ccccc1. The van der Waals surface area contributed by atoms with Gasteiger partial charge in [0.2, 0.25) is 0 Å². The van der Waals surface area contributed by atoms with Crippen molar-refractivity contribution in [2.24, 2.45) is 0 Å². The van der Waals surface area contributed by atoms with Crippen LogP contribution in [0.1, 0.15) is 60.4 Å². The van der Waals surface area contributed by atoms with E-state index in [1.54, 1.807) is 6.92 Å². The van der Waals surface area contributed by atoms with E-state index in [9.17, 15) is 9.59 Å². The molecule has 0 bridgehead atoms. The van der Waals surface area contributed by atoms with Crippen LogP contribution >= 0.6 is 0 Å². The van der Waals surface area contributed by atoms with Crippen molar-refractivity contribution in [3.63, 3.8) is 0 Å². The van der Waals surface area contributed by atoms with Crippen LogP contribution in [0.25, 0.3) is 0 Å². The summed E-state index contributed by atoms with van der Waals surface area (Å²) < 4.78 is 7.45. The second-order valence-corrected chi connectivity index (χ2v) is 6.84. The van der Waals surface area contributed by atoms with E-state index < -0.39 is 12.1 Å². The first-order valence-corrected chi connectivity index (χ1v) is 9.59.